The molecule has 23 heavy (non-hydrogen) atoms. The number of amides is 1. The summed E-state index contributed by atoms with van der Waals surface area (Å²) in [6.07, 6.45) is 3.24. The molecule has 0 aliphatic carbocycles. The average Bonchev–Trinajstić information content (AvgIpc) is 2.56. The number of carbonyl (C=O) groups excluding carboxylic acids is 1. The highest BCUT2D eigenvalue weighted by Gasteiger charge is 2.25. The Labute approximate surface area is 142 Å². The molecule has 1 aromatic carbocycles. The van der Waals surface area contributed by atoms with Gasteiger partial charge in [0.25, 0.3) is 0 Å². The molecule has 0 bridgehead atoms. The minimum absolute atomic E-state index is 0.174. The van der Waals surface area contributed by atoms with E-state index in [1.54, 1.807) is 31.2 Å². The predicted molar refractivity (Wildman–Crippen MR) is 93.7 cm³/mol. The number of carbonyl (C=O) groups is 1. The topological polar surface area (TPSA) is 78.5 Å². The van der Waals surface area contributed by atoms with E-state index in [0.717, 1.165) is 19.3 Å². The van der Waals surface area contributed by atoms with Crippen LogP contribution < -0.4 is 10.6 Å². The van der Waals surface area contributed by atoms with Gasteiger partial charge in [0, 0.05) is 25.2 Å². The Morgan fingerprint density at radius 3 is 2.35 bits per heavy atom. The lowest BCUT2D eigenvalue weighted by Gasteiger charge is -2.25. The third-order valence-corrected chi connectivity index (χ3v) is 5.76. The number of nitrogens with one attached hydrogen (secondary N) is 2. The second kappa shape index (κ2) is 7.85. The Morgan fingerprint density at radius 2 is 1.78 bits per heavy atom. The number of sulfonamides is 1. The van der Waals surface area contributed by atoms with Crippen LogP contribution in [0, 0.1) is 0 Å². The van der Waals surface area contributed by atoms with Gasteiger partial charge in [-0.2, -0.15) is 4.31 Å². The molecule has 1 fully saturated rings. The van der Waals surface area contributed by atoms with Gasteiger partial charge in [-0.25, -0.2) is 8.42 Å². The Bertz CT molecular complexity index is 666. The zero-order valence-corrected chi connectivity index (χ0v) is 14.7. The molecule has 2 rings (SSSR count). The van der Waals surface area contributed by atoms with Crippen molar-refractivity contribution in [2.75, 3.05) is 18.4 Å². The van der Waals surface area contributed by atoms with Gasteiger partial charge in [0.05, 0.1) is 4.90 Å². The summed E-state index contributed by atoms with van der Waals surface area (Å²) in [5.74, 6) is -0.174. The van der Waals surface area contributed by atoms with E-state index in [-0.39, 0.29) is 15.9 Å². The quantitative estimate of drug-likeness (QED) is 0.809. The van der Waals surface area contributed by atoms with Crippen LogP contribution in [0.3, 0.4) is 0 Å². The first kappa shape index (κ1) is 17.8. The predicted octanol–water partition coefficient (Wildman–Crippen LogP) is 2.08. The van der Waals surface area contributed by atoms with Gasteiger partial charge in [-0.15, -0.1) is 0 Å². The summed E-state index contributed by atoms with van der Waals surface area (Å²) in [6, 6.07) is 6.38. The lowest BCUT2D eigenvalue weighted by Crippen LogP contribution is -2.35. The normalized spacial score (nSPS) is 15.9. The molecule has 0 spiro atoms. The fraction of sp³-hybridized carbons (Fsp3) is 0.467. The Morgan fingerprint density at radius 1 is 1.17 bits per heavy atom. The van der Waals surface area contributed by atoms with Crippen LogP contribution in [0.1, 0.15) is 32.6 Å². The fourth-order valence-electron chi connectivity index (χ4n) is 2.34. The summed E-state index contributed by atoms with van der Waals surface area (Å²) in [6.45, 7) is 2.89. The molecule has 8 heteroatoms. The fourth-order valence-corrected chi connectivity index (χ4v) is 4.09. The molecule has 1 aliphatic heterocycles. The van der Waals surface area contributed by atoms with Crippen molar-refractivity contribution in [3.63, 3.8) is 0 Å². The SMILES string of the molecule is CCC(=O)NC(=S)Nc1ccc(S(=O)(=O)N2CCCCC2)cc1. The highest BCUT2D eigenvalue weighted by Crippen LogP contribution is 2.21. The largest absolute Gasteiger partial charge is 0.332 e. The van der Waals surface area contributed by atoms with Crippen LogP contribution in [0.4, 0.5) is 5.69 Å². The van der Waals surface area contributed by atoms with Gasteiger partial charge in [-0.1, -0.05) is 13.3 Å². The number of nitrogens with zero attached hydrogens (tertiary/aromatic N) is 1. The number of anilines is 1. The number of piperidine rings is 1. The standard InChI is InChI=1S/C15H21N3O3S2/c1-2-14(19)17-15(22)16-12-6-8-13(9-7-12)23(20,21)18-10-4-3-5-11-18/h6-9H,2-5,10-11H2,1H3,(H2,16,17,19,22). The number of thiocarbonyl (C=S) groups is 1. The van der Waals surface area contributed by atoms with Crippen molar-refractivity contribution in [3.05, 3.63) is 24.3 Å². The molecule has 0 atom stereocenters. The van der Waals surface area contributed by atoms with E-state index in [1.165, 1.54) is 4.31 Å². The van der Waals surface area contributed by atoms with E-state index in [1.807, 2.05) is 0 Å². The van der Waals surface area contributed by atoms with Crippen molar-refractivity contribution in [1.29, 1.82) is 0 Å². The summed E-state index contributed by atoms with van der Waals surface area (Å²) in [5.41, 5.74) is 0.629. The molecule has 1 amide bonds. The maximum atomic E-state index is 12.5. The molecule has 1 aromatic rings. The summed E-state index contributed by atoms with van der Waals surface area (Å²) < 4.78 is 26.6. The molecular formula is C15H21N3O3S2. The first-order chi connectivity index (χ1) is 10.9. The van der Waals surface area contributed by atoms with Crippen molar-refractivity contribution in [2.45, 2.75) is 37.5 Å². The number of hydrogen-bond acceptors (Lipinski definition) is 4. The van der Waals surface area contributed by atoms with Crippen molar-refractivity contribution < 1.29 is 13.2 Å². The van der Waals surface area contributed by atoms with Crippen molar-refractivity contribution in [1.82, 2.24) is 9.62 Å². The van der Waals surface area contributed by atoms with Gasteiger partial charge >= 0.3 is 0 Å². The molecule has 0 radical (unpaired) electrons. The smallest absolute Gasteiger partial charge is 0.243 e. The van der Waals surface area contributed by atoms with Gasteiger partial charge < -0.3 is 10.6 Å². The lowest BCUT2D eigenvalue weighted by molar-refractivity contribution is -0.119. The first-order valence-electron chi connectivity index (χ1n) is 7.64. The second-order valence-corrected chi connectivity index (χ2v) is 7.69. The van der Waals surface area contributed by atoms with E-state index in [2.05, 4.69) is 10.6 Å². The van der Waals surface area contributed by atoms with Gasteiger partial charge in [-0.3, -0.25) is 4.79 Å². The van der Waals surface area contributed by atoms with Gasteiger partial charge in [0.15, 0.2) is 5.11 Å². The molecule has 0 saturated carbocycles. The van der Waals surface area contributed by atoms with Crippen LogP contribution >= 0.6 is 12.2 Å². The molecule has 126 valence electrons. The van der Waals surface area contributed by atoms with E-state index >= 15 is 0 Å². The third kappa shape index (κ3) is 4.73. The second-order valence-electron chi connectivity index (χ2n) is 5.34. The molecule has 0 aromatic heterocycles. The van der Waals surface area contributed by atoms with E-state index in [4.69, 9.17) is 12.2 Å². The van der Waals surface area contributed by atoms with Gasteiger partial charge in [-0.05, 0) is 49.3 Å². The number of rotatable bonds is 4. The zero-order chi connectivity index (χ0) is 16.9. The van der Waals surface area contributed by atoms with Crippen LogP contribution in [0.25, 0.3) is 0 Å². The third-order valence-electron chi connectivity index (χ3n) is 3.64. The van der Waals surface area contributed by atoms with Crippen molar-refractivity contribution in [3.8, 4) is 0 Å². The highest BCUT2D eigenvalue weighted by molar-refractivity contribution is 7.89. The number of benzene rings is 1. The highest BCUT2D eigenvalue weighted by atomic mass is 32.2. The first-order valence-corrected chi connectivity index (χ1v) is 9.49. The van der Waals surface area contributed by atoms with Crippen LogP contribution in [0.2, 0.25) is 0 Å². The molecular weight excluding hydrogens is 334 g/mol. The molecule has 6 nitrogen and oxygen atoms in total. The maximum Gasteiger partial charge on any atom is 0.243 e. The van der Waals surface area contributed by atoms with Crippen LogP contribution in [-0.4, -0.2) is 36.8 Å². The van der Waals surface area contributed by atoms with Crippen LogP contribution in [-0.2, 0) is 14.8 Å². The summed E-state index contributed by atoms with van der Waals surface area (Å²) in [7, 11) is -3.43. The Hall–Kier alpha value is -1.51. The lowest BCUT2D eigenvalue weighted by atomic mass is 10.2. The van der Waals surface area contributed by atoms with Crippen LogP contribution in [0.5, 0.6) is 0 Å². The Kier molecular flexibility index (Phi) is 6.09. The summed E-state index contributed by atoms with van der Waals surface area (Å²) in [5, 5.41) is 5.58. The molecule has 2 N–H and O–H groups in total. The number of hydrogen-bond donors (Lipinski definition) is 2. The minimum atomic E-state index is -3.43. The molecule has 1 heterocycles. The van der Waals surface area contributed by atoms with E-state index < -0.39 is 10.0 Å². The molecule has 1 aliphatic rings. The average molecular weight is 355 g/mol. The van der Waals surface area contributed by atoms with Crippen molar-refractivity contribution >= 4 is 38.9 Å². The van der Waals surface area contributed by atoms with E-state index in [9.17, 15) is 13.2 Å². The molecule has 1 saturated heterocycles. The molecule has 0 unspecified atom stereocenters. The minimum Gasteiger partial charge on any atom is -0.332 e. The zero-order valence-electron chi connectivity index (χ0n) is 13.0. The van der Waals surface area contributed by atoms with Crippen LogP contribution in [0.15, 0.2) is 29.2 Å². The monoisotopic (exact) mass is 355 g/mol. The van der Waals surface area contributed by atoms with E-state index in [0.29, 0.717) is 25.2 Å². The van der Waals surface area contributed by atoms with Crippen molar-refractivity contribution in [2.24, 2.45) is 0 Å². The summed E-state index contributed by atoms with van der Waals surface area (Å²) >= 11 is 5.02. The van der Waals surface area contributed by atoms with Gasteiger partial charge in [0.1, 0.15) is 0 Å². The summed E-state index contributed by atoms with van der Waals surface area (Å²) in [4.78, 5) is 11.5. The Balaban J connectivity index is 2.04. The van der Waals surface area contributed by atoms with Gasteiger partial charge in [0.2, 0.25) is 15.9 Å². The maximum absolute atomic E-state index is 12.5.